The van der Waals surface area contributed by atoms with E-state index < -0.39 is 17.9 Å². The van der Waals surface area contributed by atoms with Crippen molar-refractivity contribution in [3.63, 3.8) is 0 Å². The molecule has 2 rings (SSSR count). The molecule has 9 nitrogen and oxygen atoms in total. The molecule has 1 heterocycles. The van der Waals surface area contributed by atoms with Gasteiger partial charge in [0.2, 0.25) is 0 Å². The van der Waals surface area contributed by atoms with E-state index in [4.69, 9.17) is 19.9 Å². The van der Waals surface area contributed by atoms with Gasteiger partial charge in [0.25, 0.3) is 0 Å². The summed E-state index contributed by atoms with van der Waals surface area (Å²) in [4.78, 5) is 28.0. The zero-order valence-electron chi connectivity index (χ0n) is 16.2. The Morgan fingerprint density at radius 2 is 2.00 bits per heavy atom. The van der Waals surface area contributed by atoms with Crippen molar-refractivity contribution >= 4 is 11.7 Å². The van der Waals surface area contributed by atoms with E-state index in [1.807, 2.05) is 0 Å². The molecule has 29 heavy (non-hydrogen) atoms. The van der Waals surface area contributed by atoms with Crippen LogP contribution in [0.5, 0.6) is 0 Å². The van der Waals surface area contributed by atoms with Crippen LogP contribution in [-0.2, 0) is 32.8 Å². The largest absolute Gasteiger partial charge is 0.459 e. The number of rotatable bonds is 9. The molecule has 2 aromatic rings. The van der Waals surface area contributed by atoms with Crippen LogP contribution in [0.4, 0.5) is 4.39 Å². The van der Waals surface area contributed by atoms with Crippen LogP contribution in [-0.4, -0.2) is 41.7 Å². The van der Waals surface area contributed by atoms with Crippen molar-refractivity contribution in [3.8, 4) is 0 Å². The second-order valence-corrected chi connectivity index (χ2v) is 5.90. The van der Waals surface area contributed by atoms with Crippen molar-refractivity contribution in [1.82, 2.24) is 9.13 Å². The number of carbonyl (C=O) groups is 1. The quantitative estimate of drug-likeness (QED) is 0.475. The van der Waals surface area contributed by atoms with Gasteiger partial charge in [-0.1, -0.05) is 6.58 Å². The average molecular weight is 406 g/mol. The van der Waals surface area contributed by atoms with E-state index in [1.54, 1.807) is 25.2 Å². The highest BCUT2D eigenvalue weighted by Gasteiger charge is 2.12. The molecule has 156 valence electrons. The first-order valence-electron chi connectivity index (χ1n) is 8.62. The highest BCUT2D eigenvalue weighted by molar-refractivity contribution is 5.71. The number of carbonyl (C=O) groups excluding carboxylic acids is 1. The van der Waals surface area contributed by atoms with Crippen molar-refractivity contribution in [2.75, 3.05) is 20.3 Å². The number of esters is 1. The zero-order chi connectivity index (χ0) is 21.4. The number of aromatic nitrogens is 2. The minimum absolute atomic E-state index is 0.134. The van der Waals surface area contributed by atoms with E-state index in [2.05, 4.69) is 11.6 Å². The SMILES string of the molecule is C=C(N=c1ccn(COC(COC(=O)CN)OC)c(=O)n1C)c1ccc(F)cc1. The maximum atomic E-state index is 13.0. The highest BCUT2D eigenvalue weighted by atomic mass is 19.1. The summed E-state index contributed by atoms with van der Waals surface area (Å²) in [5.41, 5.74) is 6.14. The highest BCUT2D eigenvalue weighted by Crippen LogP contribution is 2.13. The molecular formula is C19H23FN4O5. The van der Waals surface area contributed by atoms with Gasteiger partial charge in [-0.2, -0.15) is 0 Å². The Labute approximate surface area is 166 Å². The summed E-state index contributed by atoms with van der Waals surface area (Å²) < 4.78 is 31.0. The number of nitrogens with two attached hydrogens (primary N) is 1. The fraction of sp³-hybridized carbons (Fsp3) is 0.316. The lowest BCUT2D eigenvalue weighted by Crippen LogP contribution is -2.39. The number of halogens is 1. The first kappa shape index (κ1) is 22.2. The second kappa shape index (κ2) is 10.5. The Bertz CT molecular complexity index is 981. The predicted molar refractivity (Wildman–Crippen MR) is 103 cm³/mol. The first-order chi connectivity index (χ1) is 13.8. The van der Waals surface area contributed by atoms with Crippen LogP contribution >= 0.6 is 0 Å². The van der Waals surface area contributed by atoms with E-state index in [-0.39, 0.29) is 25.7 Å². The van der Waals surface area contributed by atoms with E-state index in [0.717, 1.165) is 0 Å². The number of methoxy groups -OCH3 is 1. The molecule has 0 aliphatic heterocycles. The van der Waals surface area contributed by atoms with Gasteiger partial charge < -0.3 is 19.9 Å². The van der Waals surface area contributed by atoms with Crippen LogP contribution in [0.3, 0.4) is 0 Å². The third-order valence-corrected chi connectivity index (χ3v) is 3.92. The molecule has 0 saturated carbocycles. The van der Waals surface area contributed by atoms with Gasteiger partial charge in [-0.3, -0.25) is 13.9 Å². The monoisotopic (exact) mass is 406 g/mol. The van der Waals surface area contributed by atoms with E-state index in [0.29, 0.717) is 16.7 Å². The number of hydrogen-bond donors (Lipinski definition) is 1. The van der Waals surface area contributed by atoms with Gasteiger partial charge in [0.15, 0.2) is 6.29 Å². The molecule has 1 aromatic heterocycles. The Balaban J connectivity index is 2.12. The predicted octanol–water partition coefficient (Wildman–Crippen LogP) is 0.346. The second-order valence-electron chi connectivity index (χ2n) is 5.90. The molecule has 2 N–H and O–H groups in total. The summed E-state index contributed by atoms with van der Waals surface area (Å²) in [6, 6.07) is 7.33. The van der Waals surface area contributed by atoms with Crippen LogP contribution in [0.1, 0.15) is 5.56 Å². The molecule has 0 aliphatic rings. The molecule has 0 bridgehead atoms. The summed E-state index contributed by atoms with van der Waals surface area (Å²) in [5, 5.41) is 0. The maximum Gasteiger partial charge on any atom is 0.331 e. The minimum Gasteiger partial charge on any atom is -0.459 e. The molecule has 0 aliphatic carbocycles. The molecule has 1 aromatic carbocycles. The van der Waals surface area contributed by atoms with E-state index in [1.165, 1.54) is 34.6 Å². The third-order valence-electron chi connectivity index (χ3n) is 3.92. The van der Waals surface area contributed by atoms with Crippen LogP contribution in [0.25, 0.3) is 5.70 Å². The number of benzene rings is 1. The van der Waals surface area contributed by atoms with Crippen molar-refractivity contribution in [2.24, 2.45) is 17.8 Å². The maximum absolute atomic E-state index is 13.0. The lowest BCUT2D eigenvalue weighted by molar-refractivity contribution is -0.184. The van der Waals surface area contributed by atoms with E-state index >= 15 is 0 Å². The molecule has 1 unspecified atom stereocenters. The summed E-state index contributed by atoms with van der Waals surface area (Å²) in [6.07, 6.45) is 0.642. The van der Waals surface area contributed by atoms with Crippen molar-refractivity contribution < 1.29 is 23.4 Å². The summed E-state index contributed by atoms with van der Waals surface area (Å²) >= 11 is 0. The topological polar surface area (TPSA) is 110 Å². The molecule has 0 radical (unpaired) electrons. The van der Waals surface area contributed by atoms with Crippen molar-refractivity contribution in [2.45, 2.75) is 13.0 Å². The van der Waals surface area contributed by atoms with Crippen LogP contribution in [0.2, 0.25) is 0 Å². The summed E-state index contributed by atoms with van der Waals surface area (Å²) in [5.74, 6) is -0.951. The smallest absolute Gasteiger partial charge is 0.331 e. The lowest BCUT2D eigenvalue weighted by atomic mass is 10.2. The Kier molecular flexibility index (Phi) is 8.01. The van der Waals surface area contributed by atoms with Gasteiger partial charge in [0, 0.05) is 20.4 Å². The molecule has 0 spiro atoms. The summed E-state index contributed by atoms with van der Waals surface area (Å²) in [6.45, 7) is 3.31. The van der Waals surface area contributed by atoms with Gasteiger partial charge in [0.1, 0.15) is 24.6 Å². The van der Waals surface area contributed by atoms with Gasteiger partial charge in [-0.15, -0.1) is 0 Å². The molecule has 0 fully saturated rings. The molecule has 1 atom stereocenters. The van der Waals surface area contributed by atoms with Crippen LogP contribution in [0, 0.1) is 5.82 Å². The Morgan fingerprint density at radius 1 is 1.31 bits per heavy atom. The Hall–Kier alpha value is -3.08. The van der Waals surface area contributed by atoms with Crippen LogP contribution in [0.15, 0.2) is 52.9 Å². The normalized spacial score (nSPS) is 12.6. The molecule has 0 amide bonds. The fourth-order valence-corrected chi connectivity index (χ4v) is 2.25. The van der Waals surface area contributed by atoms with Crippen molar-refractivity contribution in [1.29, 1.82) is 0 Å². The third kappa shape index (κ3) is 6.21. The fourth-order valence-electron chi connectivity index (χ4n) is 2.25. The van der Waals surface area contributed by atoms with Gasteiger partial charge in [0.05, 0.1) is 12.2 Å². The minimum atomic E-state index is -0.856. The number of ether oxygens (including phenoxy) is 3. The number of nitrogens with zero attached hydrogens (tertiary/aromatic N) is 3. The van der Waals surface area contributed by atoms with E-state index in [9.17, 15) is 14.0 Å². The summed E-state index contributed by atoms with van der Waals surface area (Å²) in [7, 11) is 2.93. The number of hydrogen-bond acceptors (Lipinski definition) is 7. The van der Waals surface area contributed by atoms with Gasteiger partial charge >= 0.3 is 11.7 Å². The average Bonchev–Trinajstić information content (AvgIpc) is 2.72. The van der Waals surface area contributed by atoms with Crippen molar-refractivity contribution in [3.05, 3.63) is 70.5 Å². The molecule has 10 heteroatoms. The molecule has 0 saturated heterocycles. The zero-order valence-corrected chi connectivity index (χ0v) is 16.2. The lowest BCUT2D eigenvalue weighted by Gasteiger charge is -2.17. The first-order valence-corrected chi connectivity index (χ1v) is 8.62. The standard InChI is InChI=1S/C19H23FN4O5/c1-13(14-4-6-15(20)7-5-14)22-16-8-9-24(19(26)23(16)2)12-29-18(27-3)11-28-17(25)10-21/h4-9,18H,1,10-12,21H2,2-3H3. The Morgan fingerprint density at radius 3 is 2.62 bits per heavy atom. The van der Waals surface area contributed by atoms with Gasteiger partial charge in [-0.05, 0) is 35.9 Å². The molecular weight excluding hydrogens is 383 g/mol. The van der Waals surface area contributed by atoms with Crippen LogP contribution < -0.4 is 16.9 Å². The van der Waals surface area contributed by atoms with Gasteiger partial charge in [-0.25, -0.2) is 14.2 Å².